The number of aromatic nitrogens is 2. The molecule has 0 unspecified atom stereocenters. The van der Waals surface area contributed by atoms with E-state index in [1.54, 1.807) is 31.4 Å². The fourth-order valence-corrected chi connectivity index (χ4v) is 4.79. The topological polar surface area (TPSA) is 108 Å². The molecule has 0 fully saturated rings. The van der Waals surface area contributed by atoms with Crippen molar-refractivity contribution >= 4 is 22.8 Å². The Hall–Kier alpha value is -3.96. The number of aliphatic hydroxyl groups is 1. The predicted octanol–water partition coefficient (Wildman–Crippen LogP) is 2.77. The Morgan fingerprint density at radius 2 is 2.03 bits per heavy atom. The average Bonchev–Trinajstić information content (AvgIpc) is 3.16. The second-order valence-electron chi connectivity index (χ2n) is 9.30. The first-order chi connectivity index (χ1) is 16.6. The highest BCUT2D eigenvalue weighted by molar-refractivity contribution is 5.91. The maximum atomic E-state index is 13.6. The van der Waals surface area contributed by atoms with Crippen molar-refractivity contribution in [3.8, 4) is 23.2 Å². The first-order valence-electron chi connectivity index (χ1n) is 11.4. The van der Waals surface area contributed by atoms with E-state index in [-0.39, 0.29) is 30.7 Å². The zero-order valence-corrected chi connectivity index (χ0v) is 19.9. The van der Waals surface area contributed by atoms with Gasteiger partial charge in [0.05, 0.1) is 29.0 Å². The molecule has 5 rings (SSSR count). The van der Waals surface area contributed by atoms with E-state index in [1.165, 1.54) is 6.92 Å². The summed E-state index contributed by atoms with van der Waals surface area (Å²) in [6, 6.07) is 9.23. The van der Waals surface area contributed by atoms with Gasteiger partial charge in [-0.05, 0) is 32.4 Å². The molecule has 0 aliphatic carbocycles. The van der Waals surface area contributed by atoms with Gasteiger partial charge < -0.3 is 19.1 Å². The molecule has 1 N–H and O–H groups in total. The van der Waals surface area contributed by atoms with Gasteiger partial charge in [-0.3, -0.25) is 9.59 Å². The lowest BCUT2D eigenvalue weighted by atomic mass is 9.85. The molecule has 0 saturated carbocycles. The zero-order chi connectivity index (χ0) is 25.1. The highest BCUT2D eigenvalue weighted by Gasteiger charge is 2.50. The van der Waals surface area contributed by atoms with Crippen LogP contribution in [0.3, 0.4) is 0 Å². The summed E-state index contributed by atoms with van der Waals surface area (Å²) < 4.78 is 12.4. The van der Waals surface area contributed by atoms with E-state index in [9.17, 15) is 19.5 Å². The second-order valence-corrected chi connectivity index (χ2v) is 9.30. The van der Waals surface area contributed by atoms with E-state index in [4.69, 9.17) is 14.5 Å². The SMILES string of the molecule is CC[C@@]1(OC(C)=O)C(=O)OCc2c1cc1n(c2=O)Cc2c-1nc1ccccc1c2C#CC(C)(C)O. The third kappa shape index (κ3) is 3.51. The van der Waals surface area contributed by atoms with Gasteiger partial charge in [-0.25, -0.2) is 9.78 Å². The van der Waals surface area contributed by atoms with Gasteiger partial charge in [0.2, 0.25) is 5.60 Å². The number of fused-ring (bicyclic) bond motifs is 5. The van der Waals surface area contributed by atoms with Crippen molar-refractivity contribution in [2.24, 2.45) is 0 Å². The highest BCUT2D eigenvalue weighted by atomic mass is 16.6. The van der Waals surface area contributed by atoms with E-state index in [2.05, 4.69) is 11.8 Å². The third-order valence-electron chi connectivity index (χ3n) is 6.37. The van der Waals surface area contributed by atoms with Crippen LogP contribution in [-0.2, 0) is 37.8 Å². The molecular formula is C27H24N2O6. The minimum atomic E-state index is -1.70. The molecule has 0 bridgehead atoms. The van der Waals surface area contributed by atoms with Crippen molar-refractivity contribution in [1.82, 2.24) is 9.55 Å². The van der Waals surface area contributed by atoms with E-state index in [0.717, 1.165) is 10.9 Å². The Balaban J connectivity index is 1.82. The van der Waals surface area contributed by atoms with Gasteiger partial charge in [0.15, 0.2) is 0 Å². The van der Waals surface area contributed by atoms with E-state index in [1.807, 2.05) is 24.3 Å². The summed E-state index contributed by atoms with van der Waals surface area (Å²) >= 11 is 0. The molecule has 0 amide bonds. The molecule has 0 saturated heterocycles. The molecule has 8 nitrogen and oxygen atoms in total. The van der Waals surface area contributed by atoms with Gasteiger partial charge in [0, 0.05) is 29.0 Å². The number of hydrogen-bond donors (Lipinski definition) is 1. The molecule has 35 heavy (non-hydrogen) atoms. The number of benzene rings is 1. The minimum Gasteiger partial charge on any atom is -0.457 e. The van der Waals surface area contributed by atoms with Crippen molar-refractivity contribution in [3.05, 3.63) is 62.9 Å². The summed E-state index contributed by atoms with van der Waals surface area (Å²) in [7, 11) is 0. The van der Waals surface area contributed by atoms with Crippen LogP contribution in [0.4, 0.5) is 0 Å². The Morgan fingerprint density at radius 3 is 2.71 bits per heavy atom. The van der Waals surface area contributed by atoms with Crippen LogP contribution >= 0.6 is 0 Å². The fraction of sp³-hybridized carbons (Fsp3) is 0.333. The Kier molecular flexibility index (Phi) is 5.08. The maximum Gasteiger partial charge on any atom is 0.355 e. The van der Waals surface area contributed by atoms with E-state index < -0.39 is 23.1 Å². The summed E-state index contributed by atoms with van der Waals surface area (Å²) in [5.74, 6) is 4.64. The second kappa shape index (κ2) is 7.79. The number of esters is 2. The first kappa shape index (κ1) is 22.8. The molecule has 8 heteroatoms. The standard InChI is InChI=1S/C27H24N2O6/c1-5-27(35-15(2)30)20-12-22-23-18(13-29(22)24(31)19(20)14-34-25(27)32)16(10-11-26(3,4)33)17-8-6-7-9-21(17)28-23/h6-9,12,33H,5,13-14H2,1-4H3/t27-/m0/s1. The molecular weight excluding hydrogens is 448 g/mol. The summed E-state index contributed by atoms with van der Waals surface area (Å²) in [5.41, 5.74) is 0.566. The van der Waals surface area contributed by atoms with Gasteiger partial charge >= 0.3 is 11.9 Å². The maximum absolute atomic E-state index is 13.6. The molecule has 2 aliphatic heterocycles. The van der Waals surface area contributed by atoms with Crippen molar-refractivity contribution in [1.29, 1.82) is 0 Å². The third-order valence-corrected chi connectivity index (χ3v) is 6.37. The fourth-order valence-electron chi connectivity index (χ4n) is 4.79. The average molecular weight is 472 g/mol. The Labute approximate surface area is 201 Å². The number of carbonyl (C=O) groups excluding carboxylic acids is 2. The summed E-state index contributed by atoms with van der Waals surface area (Å²) in [6.45, 7) is 6.16. The number of pyridine rings is 2. The molecule has 2 aromatic heterocycles. The van der Waals surface area contributed by atoms with Crippen LogP contribution < -0.4 is 5.56 Å². The summed E-state index contributed by atoms with van der Waals surface area (Å²) in [4.78, 5) is 43.2. The highest BCUT2D eigenvalue weighted by Crippen LogP contribution is 2.41. The smallest absolute Gasteiger partial charge is 0.355 e. The van der Waals surface area contributed by atoms with Crippen LogP contribution in [0.2, 0.25) is 0 Å². The lowest BCUT2D eigenvalue weighted by molar-refractivity contribution is -0.188. The monoisotopic (exact) mass is 472 g/mol. The predicted molar refractivity (Wildman–Crippen MR) is 127 cm³/mol. The molecule has 178 valence electrons. The molecule has 3 aromatic rings. The van der Waals surface area contributed by atoms with Gasteiger partial charge in [0.25, 0.3) is 5.56 Å². The quantitative estimate of drug-likeness (QED) is 0.353. The van der Waals surface area contributed by atoms with Crippen molar-refractivity contribution < 1.29 is 24.2 Å². The van der Waals surface area contributed by atoms with Gasteiger partial charge in [-0.2, -0.15) is 0 Å². The number of ether oxygens (including phenoxy) is 2. The normalized spacial score (nSPS) is 18.1. The largest absolute Gasteiger partial charge is 0.457 e. The van der Waals surface area contributed by atoms with Crippen LogP contribution in [0.25, 0.3) is 22.3 Å². The Morgan fingerprint density at radius 1 is 1.29 bits per heavy atom. The van der Waals surface area contributed by atoms with E-state index >= 15 is 0 Å². The number of cyclic esters (lactones) is 1. The van der Waals surface area contributed by atoms with Crippen LogP contribution in [0.5, 0.6) is 0 Å². The van der Waals surface area contributed by atoms with Crippen LogP contribution in [-0.4, -0.2) is 32.2 Å². The van der Waals surface area contributed by atoms with Crippen molar-refractivity contribution in [3.63, 3.8) is 0 Å². The number of rotatable bonds is 2. The zero-order valence-electron chi connectivity index (χ0n) is 19.9. The van der Waals surface area contributed by atoms with Crippen molar-refractivity contribution in [2.75, 3.05) is 0 Å². The molecule has 1 atom stereocenters. The summed E-state index contributed by atoms with van der Waals surface area (Å²) in [6.07, 6.45) is 0.113. The lowest BCUT2D eigenvalue weighted by Gasteiger charge is -2.35. The van der Waals surface area contributed by atoms with Gasteiger partial charge in [-0.15, -0.1) is 0 Å². The summed E-state index contributed by atoms with van der Waals surface area (Å²) in [5, 5.41) is 11.0. The molecule has 0 spiro atoms. The van der Waals surface area contributed by atoms with Crippen LogP contribution in [0.1, 0.15) is 56.4 Å². The minimum absolute atomic E-state index is 0.113. The number of hydrogen-bond acceptors (Lipinski definition) is 7. The van der Waals surface area contributed by atoms with Crippen LogP contribution in [0, 0.1) is 11.8 Å². The number of nitrogens with zero attached hydrogens (tertiary/aromatic N) is 2. The first-order valence-corrected chi connectivity index (χ1v) is 11.4. The van der Waals surface area contributed by atoms with Crippen LogP contribution in [0.15, 0.2) is 35.1 Å². The number of carbonyl (C=O) groups is 2. The molecule has 2 aliphatic rings. The lowest BCUT2D eigenvalue weighted by Crippen LogP contribution is -2.47. The van der Waals surface area contributed by atoms with E-state index in [0.29, 0.717) is 28.0 Å². The van der Waals surface area contributed by atoms with Gasteiger partial charge in [0.1, 0.15) is 12.2 Å². The van der Waals surface area contributed by atoms with Gasteiger partial charge in [-0.1, -0.05) is 37.0 Å². The Bertz CT molecular complexity index is 1550. The molecule has 1 aromatic carbocycles. The van der Waals surface area contributed by atoms with Crippen molar-refractivity contribution in [2.45, 2.75) is 58.5 Å². The molecule has 4 heterocycles. The number of para-hydroxylation sites is 1. The molecule has 0 radical (unpaired) electrons.